The molecule has 1 aliphatic rings. The Morgan fingerprint density at radius 1 is 1.18 bits per heavy atom. The van der Waals surface area contributed by atoms with Gasteiger partial charge in [-0.3, -0.25) is 4.90 Å². The van der Waals surface area contributed by atoms with Crippen LogP contribution >= 0.6 is 0 Å². The van der Waals surface area contributed by atoms with Gasteiger partial charge in [-0.15, -0.1) is 0 Å². The molecule has 0 aromatic rings. The fraction of sp³-hybridized carbons (Fsp3) is 1.00. The van der Waals surface area contributed by atoms with E-state index in [1.807, 2.05) is 0 Å². The van der Waals surface area contributed by atoms with Gasteiger partial charge in [0, 0.05) is 38.3 Å². The second-order valence-electron chi connectivity index (χ2n) is 5.61. The predicted octanol–water partition coefficient (Wildman–Crippen LogP) is 1.26. The standard InChI is InChI=1S/C12H25F2N3/c1-10(11(13)14)15-9-12(2,3)17-7-5-16(4)6-8-17/h10-11,15H,5-9H2,1-4H3. The first-order valence-electron chi connectivity index (χ1n) is 6.28. The second-order valence-corrected chi connectivity index (χ2v) is 5.61. The number of hydrogen-bond donors (Lipinski definition) is 1. The van der Waals surface area contributed by atoms with Gasteiger partial charge >= 0.3 is 0 Å². The zero-order chi connectivity index (χ0) is 13.1. The Labute approximate surface area is 103 Å². The second kappa shape index (κ2) is 6.07. The molecular weight excluding hydrogens is 224 g/mol. The van der Waals surface area contributed by atoms with Crippen LogP contribution in [0.25, 0.3) is 0 Å². The average molecular weight is 249 g/mol. The zero-order valence-electron chi connectivity index (χ0n) is 11.3. The minimum absolute atomic E-state index is 0.0651. The van der Waals surface area contributed by atoms with Gasteiger partial charge < -0.3 is 10.2 Å². The molecule has 0 bridgehead atoms. The summed E-state index contributed by atoms with van der Waals surface area (Å²) < 4.78 is 24.8. The summed E-state index contributed by atoms with van der Waals surface area (Å²) in [6, 6.07) is -0.735. The summed E-state index contributed by atoms with van der Waals surface area (Å²) in [5.74, 6) is 0. The van der Waals surface area contributed by atoms with Crippen LogP contribution in [-0.2, 0) is 0 Å². The van der Waals surface area contributed by atoms with Crippen LogP contribution < -0.4 is 5.32 Å². The molecule has 1 N–H and O–H groups in total. The van der Waals surface area contributed by atoms with E-state index in [2.05, 4.69) is 36.0 Å². The van der Waals surface area contributed by atoms with E-state index in [0.29, 0.717) is 6.54 Å². The van der Waals surface area contributed by atoms with Crippen LogP contribution in [0.3, 0.4) is 0 Å². The number of hydrogen-bond acceptors (Lipinski definition) is 3. The fourth-order valence-corrected chi connectivity index (χ4v) is 2.02. The molecule has 3 nitrogen and oxygen atoms in total. The summed E-state index contributed by atoms with van der Waals surface area (Å²) in [4.78, 5) is 4.67. The molecule has 1 saturated heterocycles. The summed E-state index contributed by atoms with van der Waals surface area (Å²) in [5, 5.41) is 2.93. The molecule has 1 fully saturated rings. The maximum atomic E-state index is 12.4. The van der Waals surface area contributed by atoms with E-state index < -0.39 is 12.5 Å². The van der Waals surface area contributed by atoms with E-state index in [0.717, 1.165) is 26.2 Å². The van der Waals surface area contributed by atoms with Gasteiger partial charge in [-0.25, -0.2) is 8.78 Å². The van der Waals surface area contributed by atoms with Gasteiger partial charge in [0.2, 0.25) is 0 Å². The number of rotatable bonds is 5. The Morgan fingerprint density at radius 2 is 1.71 bits per heavy atom. The van der Waals surface area contributed by atoms with Crippen molar-refractivity contribution in [1.29, 1.82) is 0 Å². The van der Waals surface area contributed by atoms with Crippen molar-refractivity contribution in [1.82, 2.24) is 15.1 Å². The number of nitrogens with one attached hydrogen (secondary N) is 1. The van der Waals surface area contributed by atoms with Crippen LogP contribution in [0.15, 0.2) is 0 Å². The molecule has 0 saturated carbocycles. The van der Waals surface area contributed by atoms with Crippen molar-refractivity contribution in [3.63, 3.8) is 0 Å². The van der Waals surface area contributed by atoms with Crippen LogP contribution in [-0.4, -0.2) is 67.6 Å². The van der Waals surface area contributed by atoms with Crippen molar-refractivity contribution in [3.8, 4) is 0 Å². The molecule has 17 heavy (non-hydrogen) atoms. The molecule has 102 valence electrons. The molecule has 1 heterocycles. The van der Waals surface area contributed by atoms with Gasteiger partial charge in [0.05, 0.1) is 6.04 Å². The lowest BCUT2D eigenvalue weighted by molar-refractivity contribution is 0.0496. The van der Waals surface area contributed by atoms with Gasteiger partial charge in [0.25, 0.3) is 6.43 Å². The first-order valence-corrected chi connectivity index (χ1v) is 6.28. The van der Waals surface area contributed by atoms with Crippen LogP contribution in [0.5, 0.6) is 0 Å². The third-order valence-corrected chi connectivity index (χ3v) is 3.59. The Hall–Kier alpha value is -0.260. The molecule has 0 aromatic carbocycles. The van der Waals surface area contributed by atoms with Gasteiger partial charge in [0.15, 0.2) is 0 Å². The normalized spacial score (nSPS) is 22.1. The monoisotopic (exact) mass is 249 g/mol. The quantitative estimate of drug-likeness (QED) is 0.791. The first kappa shape index (κ1) is 14.8. The molecule has 0 amide bonds. The van der Waals surface area contributed by atoms with Crippen molar-refractivity contribution in [2.45, 2.75) is 38.8 Å². The van der Waals surface area contributed by atoms with Gasteiger partial charge in [-0.1, -0.05) is 0 Å². The third kappa shape index (κ3) is 4.48. The minimum Gasteiger partial charge on any atom is -0.307 e. The molecular formula is C12H25F2N3. The largest absolute Gasteiger partial charge is 0.307 e. The summed E-state index contributed by atoms with van der Waals surface area (Å²) in [6.07, 6.45) is -2.29. The molecule has 1 atom stereocenters. The molecule has 0 spiro atoms. The van der Waals surface area contributed by atoms with E-state index >= 15 is 0 Å². The Balaban J connectivity index is 2.39. The Bertz CT molecular complexity index is 226. The van der Waals surface area contributed by atoms with E-state index in [9.17, 15) is 8.78 Å². The maximum Gasteiger partial charge on any atom is 0.253 e. The highest BCUT2D eigenvalue weighted by atomic mass is 19.3. The smallest absolute Gasteiger partial charge is 0.253 e. The highest BCUT2D eigenvalue weighted by Gasteiger charge is 2.29. The highest BCUT2D eigenvalue weighted by Crippen LogP contribution is 2.16. The molecule has 0 radical (unpaired) electrons. The van der Waals surface area contributed by atoms with Crippen molar-refractivity contribution in [3.05, 3.63) is 0 Å². The topological polar surface area (TPSA) is 18.5 Å². The molecule has 1 unspecified atom stereocenters. The number of halogens is 2. The van der Waals surface area contributed by atoms with E-state index in [-0.39, 0.29) is 5.54 Å². The molecule has 1 aliphatic heterocycles. The van der Waals surface area contributed by atoms with Gasteiger partial charge in [-0.2, -0.15) is 0 Å². The molecule has 0 aromatic heterocycles. The van der Waals surface area contributed by atoms with Gasteiger partial charge in [0.1, 0.15) is 0 Å². The van der Waals surface area contributed by atoms with Crippen LogP contribution in [0, 0.1) is 0 Å². The fourth-order valence-electron chi connectivity index (χ4n) is 2.02. The van der Waals surface area contributed by atoms with Crippen LogP contribution in [0.1, 0.15) is 20.8 Å². The lowest BCUT2D eigenvalue weighted by Gasteiger charge is -2.43. The van der Waals surface area contributed by atoms with Crippen LogP contribution in [0.4, 0.5) is 8.78 Å². The van der Waals surface area contributed by atoms with Crippen molar-refractivity contribution >= 4 is 0 Å². The third-order valence-electron chi connectivity index (χ3n) is 3.59. The SMILES string of the molecule is CC(NCC(C)(C)N1CCN(C)CC1)C(F)F. The number of alkyl halides is 2. The van der Waals surface area contributed by atoms with Crippen LogP contribution in [0.2, 0.25) is 0 Å². The Morgan fingerprint density at radius 3 is 2.18 bits per heavy atom. The molecule has 5 heteroatoms. The highest BCUT2D eigenvalue weighted by molar-refractivity contribution is 4.87. The molecule has 1 rings (SSSR count). The summed E-state index contributed by atoms with van der Waals surface area (Å²) >= 11 is 0. The van der Waals surface area contributed by atoms with Crippen molar-refractivity contribution in [2.24, 2.45) is 0 Å². The Kier molecular flexibility index (Phi) is 5.28. The average Bonchev–Trinajstić information content (AvgIpc) is 2.26. The minimum atomic E-state index is -2.29. The lowest BCUT2D eigenvalue weighted by atomic mass is 10.0. The van der Waals surface area contributed by atoms with E-state index in [1.165, 1.54) is 6.92 Å². The van der Waals surface area contributed by atoms with E-state index in [4.69, 9.17) is 0 Å². The maximum absolute atomic E-state index is 12.4. The first-order chi connectivity index (χ1) is 7.83. The zero-order valence-corrected chi connectivity index (χ0v) is 11.3. The predicted molar refractivity (Wildman–Crippen MR) is 66.6 cm³/mol. The summed E-state index contributed by atoms with van der Waals surface area (Å²) in [7, 11) is 2.11. The van der Waals surface area contributed by atoms with E-state index in [1.54, 1.807) is 0 Å². The van der Waals surface area contributed by atoms with Crippen molar-refractivity contribution in [2.75, 3.05) is 39.8 Å². The van der Waals surface area contributed by atoms with Crippen molar-refractivity contribution < 1.29 is 8.78 Å². The number of piperazine rings is 1. The number of likely N-dealkylation sites (N-methyl/N-ethyl adjacent to an activating group) is 1. The lowest BCUT2D eigenvalue weighted by Crippen LogP contribution is -2.58. The number of nitrogens with zero attached hydrogens (tertiary/aromatic N) is 2. The summed E-state index contributed by atoms with van der Waals surface area (Å²) in [5.41, 5.74) is -0.0651. The summed E-state index contributed by atoms with van der Waals surface area (Å²) in [6.45, 7) is 10.5. The molecule has 0 aliphatic carbocycles. The van der Waals surface area contributed by atoms with Gasteiger partial charge in [-0.05, 0) is 27.8 Å².